The molecule has 3 rings (SSSR count). The number of hydrogen-bond donors (Lipinski definition) is 0. The minimum Gasteiger partial charge on any atom is -0.362 e. The van der Waals surface area contributed by atoms with Crippen molar-refractivity contribution in [2.75, 3.05) is 0 Å². The second-order valence-corrected chi connectivity index (χ2v) is 5.60. The predicted octanol–water partition coefficient (Wildman–Crippen LogP) is 2.06. The molecule has 0 N–H and O–H groups in total. The molecule has 0 aromatic heterocycles. The van der Waals surface area contributed by atoms with Crippen molar-refractivity contribution >= 4 is 5.78 Å². The molecule has 4 nitrogen and oxygen atoms in total. The molecule has 2 aliphatic rings. The predicted molar refractivity (Wildman–Crippen MR) is 68.5 cm³/mol. The van der Waals surface area contributed by atoms with E-state index in [1.807, 2.05) is 51.1 Å². The minimum absolute atomic E-state index is 0.0125. The number of hydrogen-bond acceptors (Lipinski definition) is 4. The molecule has 1 aromatic rings. The van der Waals surface area contributed by atoms with Gasteiger partial charge in [0.1, 0.15) is 0 Å². The highest BCUT2D eigenvalue weighted by molar-refractivity contribution is 6.11. The van der Waals surface area contributed by atoms with E-state index in [-0.39, 0.29) is 11.9 Å². The van der Waals surface area contributed by atoms with Crippen LogP contribution < -0.4 is 0 Å². The maximum atomic E-state index is 12.0. The van der Waals surface area contributed by atoms with Crippen LogP contribution in [0.1, 0.15) is 26.3 Å². The first-order chi connectivity index (χ1) is 8.96. The second-order valence-electron chi connectivity index (χ2n) is 5.60. The Kier molecular flexibility index (Phi) is 2.78. The van der Waals surface area contributed by atoms with Crippen LogP contribution in [0, 0.1) is 0 Å². The van der Waals surface area contributed by atoms with E-state index in [1.54, 1.807) is 0 Å². The van der Waals surface area contributed by atoms with Crippen molar-refractivity contribution < 1.29 is 19.0 Å². The molecule has 1 spiro atoms. The van der Waals surface area contributed by atoms with Crippen LogP contribution >= 0.6 is 0 Å². The van der Waals surface area contributed by atoms with Crippen LogP contribution in [0.3, 0.4) is 0 Å². The largest absolute Gasteiger partial charge is 0.362 e. The Hall–Kier alpha value is -1.23. The van der Waals surface area contributed by atoms with Gasteiger partial charge >= 0.3 is 0 Å². The van der Waals surface area contributed by atoms with Crippen molar-refractivity contribution in [3.8, 4) is 0 Å². The van der Waals surface area contributed by atoms with Crippen molar-refractivity contribution in [1.82, 2.24) is 0 Å². The van der Waals surface area contributed by atoms with Crippen molar-refractivity contribution in [2.45, 2.75) is 51.0 Å². The van der Waals surface area contributed by atoms with Crippen molar-refractivity contribution in [3.63, 3.8) is 0 Å². The number of Topliss-reactive ketones (excluding diaryl/α,β-unsaturated/α-hetero) is 1. The van der Waals surface area contributed by atoms with Crippen LogP contribution in [0.25, 0.3) is 0 Å². The summed E-state index contributed by atoms with van der Waals surface area (Å²) in [5.74, 6) is -0.735. The number of carbonyl (C=O) groups is 1. The minimum atomic E-state index is -0.891. The van der Waals surface area contributed by atoms with Gasteiger partial charge in [-0.2, -0.15) is 0 Å². The van der Waals surface area contributed by atoms with Crippen LogP contribution in [0.15, 0.2) is 30.3 Å². The summed E-state index contributed by atoms with van der Waals surface area (Å²) >= 11 is 0. The third kappa shape index (κ3) is 2.00. The van der Waals surface area contributed by atoms with E-state index in [0.717, 1.165) is 5.56 Å². The Morgan fingerprint density at radius 3 is 2.53 bits per heavy atom. The molecule has 1 aromatic carbocycles. The van der Waals surface area contributed by atoms with E-state index in [2.05, 4.69) is 0 Å². The number of ether oxygens (including phenoxy) is 3. The van der Waals surface area contributed by atoms with Gasteiger partial charge in [0, 0.05) is 0 Å². The van der Waals surface area contributed by atoms with E-state index in [1.165, 1.54) is 0 Å². The Bertz CT molecular complexity index is 496. The molecular formula is C15H18O4. The summed E-state index contributed by atoms with van der Waals surface area (Å²) in [4.78, 5) is 12.0. The molecule has 1 aliphatic carbocycles. The molecule has 2 fully saturated rings. The molecule has 1 aliphatic heterocycles. The Morgan fingerprint density at radius 1 is 1.26 bits per heavy atom. The summed E-state index contributed by atoms with van der Waals surface area (Å²) in [5, 5.41) is 0. The van der Waals surface area contributed by atoms with Gasteiger partial charge in [-0.25, -0.2) is 0 Å². The Morgan fingerprint density at radius 2 is 1.95 bits per heavy atom. The van der Waals surface area contributed by atoms with Gasteiger partial charge in [0.2, 0.25) is 5.78 Å². The number of benzene rings is 1. The zero-order valence-electron chi connectivity index (χ0n) is 11.4. The molecule has 0 amide bonds. The molecule has 0 bridgehead atoms. The lowest BCUT2D eigenvalue weighted by atomic mass is 10.2. The molecule has 1 saturated carbocycles. The van der Waals surface area contributed by atoms with E-state index in [0.29, 0.717) is 6.61 Å². The van der Waals surface area contributed by atoms with Crippen LogP contribution in [0.2, 0.25) is 0 Å². The molecule has 4 heteroatoms. The molecule has 1 saturated heterocycles. The van der Waals surface area contributed by atoms with Crippen LogP contribution in [-0.4, -0.2) is 29.4 Å². The highest BCUT2D eigenvalue weighted by Crippen LogP contribution is 2.51. The first kappa shape index (κ1) is 12.8. The van der Waals surface area contributed by atoms with Crippen molar-refractivity contribution in [3.05, 3.63) is 35.9 Å². The molecular weight excluding hydrogens is 244 g/mol. The van der Waals surface area contributed by atoms with Crippen LogP contribution in [0.4, 0.5) is 0 Å². The lowest BCUT2D eigenvalue weighted by molar-refractivity contribution is -0.155. The Labute approximate surface area is 112 Å². The summed E-state index contributed by atoms with van der Waals surface area (Å²) in [6.07, 6.45) is -0.778. The fraction of sp³-hybridized carbons (Fsp3) is 0.533. The highest BCUT2D eigenvalue weighted by atomic mass is 16.8. The van der Waals surface area contributed by atoms with Crippen molar-refractivity contribution in [2.24, 2.45) is 0 Å². The molecule has 19 heavy (non-hydrogen) atoms. The fourth-order valence-electron chi connectivity index (χ4n) is 2.77. The fourth-order valence-corrected chi connectivity index (χ4v) is 2.77. The standard InChI is InChI=1S/C15H18O4/c1-10-15(19-14(2,3)18-10)12(16)13(15)17-9-11-7-5-4-6-8-11/h4-8,10,13H,9H2,1-3H3/t10?,13-,15?/m0/s1. The molecule has 102 valence electrons. The van der Waals surface area contributed by atoms with E-state index in [9.17, 15) is 4.79 Å². The normalized spacial score (nSPS) is 35.8. The van der Waals surface area contributed by atoms with Gasteiger partial charge in [0.15, 0.2) is 17.5 Å². The molecule has 1 heterocycles. The summed E-state index contributed by atoms with van der Waals surface area (Å²) in [5.41, 5.74) is 0.154. The van der Waals surface area contributed by atoms with Gasteiger partial charge in [0.05, 0.1) is 12.7 Å². The van der Waals surface area contributed by atoms with Crippen molar-refractivity contribution in [1.29, 1.82) is 0 Å². The average Bonchev–Trinajstić information content (AvgIpc) is 2.81. The van der Waals surface area contributed by atoms with Gasteiger partial charge in [-0.3, -0.25) is 4.79 Å². The zero-order chi connectivity index (χ0) is 13.7. The number of ketones is 1. The third-order valence-corrected chi connectivity index (χ3v) is 3.67. The lowest BCUT2D eigenvalue weighted by Crippen LogP contribution is -2.29. The molecule has 2 unspecified atom stereocenters. The quantitative estimate of drug-likeness (QED) is 0.836. The summed E-state index contributed by atoms with van der Waals surface area (Å²) in [6, 6.07) is 9.79. The van der Waals surface area contributed by atoms with E-state index < -0.39 is 17.5 Å². The topological polar surface area (TPSA) is 44.8 Å². The van der Waals surface area contributed by atoms with Crippen LogP contribution in [-0.2, 0) is 25.6 Å². The van der Waals surface area contributed by atoms with Gasteiger partial charge < -0.3 is 14.2 Å². The second kappa shape index (κ2) is 4.13. The monoisotopic (exact) mass is 262 g/mol. The van der Waals surface area contributed by atoms with Crippen LogP contribution in [0.5, 0.6) is 0 Å². The SMILES string of the molecule is CC1OC(C)(C)OC12C(=O)[C@@H]2OCc1ccccc1. The molecule has 3 atom stereocenters. The highest BCUT2D eigenvalue weighted by Gasteiger charge is 2.76. The van der Waals surface area contributed by atoms with Gasteiger partial charge in [-0.15, -0.1) is 0 Å². The van der Waals surface area contributed by atoms with E-state index >= 15 is 0 Å². The lowest BCUT2D eigenvalue weighted by Gasteiger charge is -2.16. The maximum absolute atomic E-state index is 12.0. The van der Waals surface area contributed by atoms with Gasteiger partial charge in [0.25, 0.3) is 0 Å². The van der Waals surface area contributed by atoms with Gasteiger partial charge in [-0.05, 0) is 26.3 Å². The number of carbonyl (C=O) groups excluding carboxylic acids is 1. The number of rotatable bonds is 3. The first-order valence-corrected chi connectivity index (χ1v) is 6.53. The third-order valence-electron chi connectivity index (χ3n) is 3.67. The maximum Gasteiger partial charge on any atom is 0.202 e. The zero-order valence-corrected chi connectivity index (χ0v) is 11.4. The summed E-state index contributed by atoms with van der Waals surface area (Å²) in [6.45, 7) is 5.91. The van der Waals surface area contributed by atoms with Gasteiger partial charge in [-0.1, -0.05) is 30.3 Å². The first-order valence-electron chi connectivity index (χ1n) is 6.53. The summed E-state index contributed by atoms with van der Waals surface area (Å²) < 4.78 is 17.1. The summed E-state index contributed by atoms with van der Waals surface area (Å²) in [7, 11) is 0. The Balaban J connectivity index is 1.67. The smallest absolute Gasteiger partial charge is 0.202 e. The molecule has 0 radical (unpaired) electrons. The van der Waals surface area contributed by atoms with E-state index in [4.69, 9.17) is 14.2 Å². The average molecular weight is 262 g/mol.